The van der Waals surface area contributed by atoms with E-state index in [0.717, 1.165) is 31.7 Å². The minimum absolute atomic E-state index is 0. The highest BCUT2D eigenvalue weighted by atomic mass is 35.5. The van der Waals surface area contributed by atoms with Gasteiger partial charge in [-0.25, -0.2) is 0 Å². The number of phenols is 2. The van der Waals surface area contributed by atoms with Crippen LogP contribution in [0.4, 0.5) is 0 Å². The fourth-order valence-corrected chi connectivity index (χ4v) is 2.25. The topological polar surface area (TPSA) is 55.7 Å². The second-order valence-electron chi connectivity index (χ2n) is 4.25. The molecular weight excluding hydrogens is 287 g/mol. The molecule has 0 aromatic heterocycles. The molecule has 1 aliphatic rings. The van der Waals surface area contributed by atoms with E-state index in [1.54, 1.807) is 12.1 Å². The van der Waals surface area contributed by atoms with Crippen molar-refractivity contribution in [2.75, 3.05) is 26.2 Å². The van der Waals surface area contributed by atoms with E-state index in [0.29, 0.717) is 0 Å². The smallest absolute Gasteiger partial charge is 0.119 e. The summed E-state index contributed by atoms with van der Waals surface area (Å²) >= 11 is 0. The molecule has 108 valence electrons. The van der Waals surface area contributed by atoms with Gasteiger partial charge in [0.2, 0.25) is 0 Å². The minimum atomic E-state index is 0. The molecule has 1 aromatic carbocycles. The number of nitrogens with zero attached hydrogens (tertiary/aromatic N) is 1. The molecule has 0 saturated carbocycles. The van der Waals surface area contributed by atoms with Crippen molar-refractivity contribution in [2.24, 2.45) is 0 Å². The Kier molecular flexibility index (Phi) is 7.87. The number of hydrogen-bond acceptors (Lipinski definition) is 4. The maximum atomic E-state index is 9.51. The van der Waals surface area contributed by atoms with Gasteiger partial charge in [0.25, 0.3) is 0 Å². The first-order valence-electron chi connectivity index (χ1n) is 5.81. The molecule has 19 heavy (non-hydrogen) atoms. The lowest BCUT2D eigenvalue weighted by Crippen LogP contribution is -2.44. The van der Waals surface area contributed by atoms with Gasteiger partial charge in [-0.2, -0.15) is 0 Å². The number of piperazine rings is 1. The zero-order valence-corrected chi connectivity index (χ0v) is 12.2. The van der Waals surface area contributed by atoms with Gasteiger partial charge >= 0.3 is 0 Å². The normalized spacial score (nSPS) is 16.8. The SMILES string of the molecule is C=C[C@@H](c1cc(O)cc(O)c1)N1CCNCC1.Cl.Cl. The van der Waals surface area contributed by atoms with Gasteiger partial charge in [-0.15, -0.1) is 31.4 Å². The van der Waals surface area contributed by atoms with E-state index < -0.39 is 0 Å². The zero-order valence-electron chi connectivity index (χ0n) is 10.6. The molecule has 1 fully saturated rings. The summed E-state index contributed by atoms with van der Waals surface area (Å²) in [6.07, 6.45) is 1.85. The van der Waals surface area contributed by atoms with Gasteiger partial charge in [0.1, 0.15) is 11.5 Å². The number of halogens is 2. The molecular formula is C13H20Cl2N2O2. The van der Waals surface area contributed by atoms with E-state index in [4.69, 9.17) is 0 Å². The summed E-state index contributed by atoms with van der Waals surface area (Å²) in [5.41, 5.74) is 0.874. The molecule has 4 nitrogen and oxygen atoms in total. The maximum absolute atomic E-state index is 9.51. The van der Waals surface area contributed by atoms with Crippen LogP contribution >= 0.6 is 24.8 Å². The molecule has 0 spiro atoms. The summed E-state index contributed by atoms with van der Waals surface area (Å²) in [5, 5.41) is 22.3. The number of aromatic hydroxyl groups is 2. The highest BCUT2D eigenvalue weighted by Crippen LogP contribution is 2.29. The van der Waals surface area contributed by atoms with Crippen LogP contribution in [0, 0.1) is 0 Å². The van der Waals surface area contributed by atoms with Gasteiger partial charge in [-0.3, -0.25) is 4.90 Å². The highest BCUT2D eigenvalue weighted by molar-refractivity contribution is 5.85. The van der Waals surface area contributed by atoms with Crippen molar-refractivity contribution in [3.05, 3.63) is 36.4 Å². The first-order valence-corrected chi connectivity index (χ1v) is 5.81. The molecule has 1 aromatic rings. The third kappa shape index (κ3) is 4.58. The average Bonchev–Trinajstić information content (AvgIpc) is 2.30. The number of nitrogens with one attached hydrogen (secondary N) is 1. The van der Waals surface area contributed by atoms with Gasteiger partial charge in [0, 0.05) is 32.2 Å². The Morgan fingerprint density at radius 2 is 1.63 bits per heavy atom. The number of benzene rings is 1. The summed E-state index contributed by atoms with van der Waals surface area (Å²) in [5.74, 6) is 0.170. The first kappa shape index (κ1) is 18.1. The molecule has 0 bridgehead atoms. The lowest BCUT2D eigenvalue weighted by molar-refractivity contribution is 0.203. The van der Waals surface area contributed by atoms with Crippen LogP contribution in [0.1, 0.15) is 11.6 Å². The van der Waals surface area contributed by atoms with Crippen LogP contribution in [0.25, 0.3) is 0 Å². The summed E-state index contributed by atoms with van der Waals surface area (Å²) in [7, 11) is 0. The van der Waals surface area contributed by atoms with Crippen LogP contribution in [0.2, 0.25) is 0 Å². The molecule has 0 radical (unpaired) electrons. The van der Waals surface area contributed by atoms with Crippen LogP contribution in [0.3, 0.4) is 0 Å². The van der Waals surface area contributed by atoms with Crippen LogP contribution in [-0.2, 0) is 0 Å². The fourth-order valence-electron chi connectivity index (χ4n) is 2.25. The third-order valence-corrected chi connectivity index (χ3v) is 3.03. The second kappa shape index (κ2) is 8.27. The molecule has 6 heteroatoms. The summed E-state index contributed by atoms with van der Waals surface area (Å²) in [6, 6.07) is 4.72. The van der Waals surface area contributed by atoms with E-state index in [9.17, 15) is 10.2 Å². The van der Waals surface area contributed by atoms with Crippen LogP contribution < -0.4 is 5.32 Å². The molecule has 1 heterocycles. The fraction of sp³-hybridized carbons (Fsp3) is 0.385. The van der Waals surface area contributed by atoms with Crippen molar-refractivity contribution >= 4 is 24.8 Å². The second-order valence-corrected chi connectivity index (χ2v) is 4.25. The van der Waals surface area contributed by atoms with Gasteiger partial charge in [0.15, 0.2) is 0 Å². The van der Waals surface area contributed by atoms with E-state index in [1.807, 2.05) is 6.08 Å². The van der Waals surface area contributed by atoms with Crippen molar-refractivity contribution in [2.45, 2.75) is 6.04 Å². The van der Waals surface area contributed by atoms with Crippen LogP contribution in [0.15, 0.2) is 30.9 Å². The van der Waals surface area contributed by atoms with E-state index >= 15 is 0 Å². The Bertz CT molecular complexity index is 389. The summed E-state index contributed by atoms with van der Waals surface area (Å²) in [4.78, 5) is 2.28. The first-order chi connectivity index (χ1) is 8.20. The predicted octanol–water partition coefficient (Wildman–Crippen LogP) is 2.07. The molecule has 1 atom stereocenters. The molecule has 3 N–H and O–H groups in total. The summed E-state index contributed by atoms with van der Waals surface area (Å²) in [6.45, 7) is 7.63. The Balaban J connectivity index is 0.00000162. The predicted molar refractivity (Wildman–Crippen MR) is 81.6 cm³/mol. The average molecular weight is 307 g/mol. The van der Waals surface area contributed by atoms with E-state index in [2.05, 4.69) is 16.8 Å². The van der Waals surface area contributed by atoms with E-state index in [-0.39, 0.29) is 42.4 Å². The third-order valence-electron chi connectivity index (χ3n) is 3.03. The maximum Gasteiger partial charge on any atom is 0.119 e. The van der Waals surface area contributed by atoms with Crippen LogP contribution in [0.5, 0.6) is 11.5 Å². The Morgan fingerprint density at radius 3 is 2.11 bits per heavy atom. The highest BCUT2D eigenvalue weighted by Gasteiger charge is 2.20. The monoisotopic (exact) mass is 306 g/mol. The largest absolute Gasteiger partial charge is 0.508 e. The molecule has 1 aliphatic heterocycles. The van der Waals surface area contributed by atoms with Crippen molar-refractivity contribution in [3.63, 3.8) is 0 Å². The zero-order chi connectivity index (χ0) is 12.3. The number of hydrogen-bond donors (Lipinski definition) is 3. The van der Waals surface area contributed by atoms with Crippen molar-refractivity contribution in [1.82, 2.24) is 10.2 Å². The molecule has 2 rings (SSSR count). The van der Waals surface area contributed by atoms with Crippen molar-refractivity contribution < 1.29 is 10.2 Å². The Morgan fingerprint density at radius 1 is 1.11 bits per heavy atom. The Hall–Kier alpha value is -0.940. The van der Waals surface area contributed by atoms with Crippen LogP contribution in [-0.4, -0.2) is 41.3 Å². The number of phenolic OH excluding ortho intramolecular Hbond substituents is 2. The Labute approximate surface area is 125 Å². The molecule has 0 amide bonds. The minimum Gasteiger partial charge on any atom is -0.508 e. The lowest BCUT2D eigenvalue weighted by atomic mass is 10.0. The van der Waals surface area contributed by atoms with Crippen molar-refractivity contribution in [3.8, 4) is 11.5 Å². The molecule has 0 unspecified atom stereocenters. The number of rotatable bonds is 3. The molecule has 1 saturated heterocycles. The van der Waals surface area contributed by atoms with Gasteiger partial charge in [0.05, 0.1) is 6.04 Å². The quantitative estimate of drug-likeness (QED) is 0.748. The molecule has 0 aliphatic carbocycles. The van der Waals surface area contributed by atoms with Gasteiger partial charge in [-0.05, 0) is 17.7 Å². The van der Waals surface area contributed by atoms with Gasteiger partial charge in [-0.1, -0.05) is 6.08 Å². The van der Waals surface area contributed by atoms with E-state index in [1.165, 1.54) is 6.07 Å². The van der Waals surface area contributed by atoms with Gasteiger partial charge < -0.3 is 15.5 Å². The van der Waals surface area contributed by atoms with Crippen molar-refractivity contribution in [1.29, 1.82) is 0 Å². The lowest BCUT2D eigenvalue weighted by Gasteiger charge is -2.33. The summed E-state index contributed by atoms with van der Waals surface area (Å²) < 4.78 is 0. The standard InChI is InChI=1S/C13H18N2O2.2ClH/c1-2-13(15-5-3-14-4-6-15)10-7-11(16)9-12(17)8-10;;/h2,7-9,13-14,16-17H,1,3-6H2;2*1H/t13-;;/m0../s1.